The van der Waals surface area contributed by atoms with Gasteiger partial charge in [0.2, 0.25) is 0 Å². The van der Waals surface area contributed by atoms with Gasteiger partial charge in [-0.05, 0) is 25.5 Å². The number of hydrazine groups is 1. The lowest BCUT2D eigenvalue weighted by molar-refractivity contribution is 0.117. The number of nitrogens with two attached hydrogens (primary N) is 1. The minimum atomic E-state index is 0.250. The van der Waals surface area contributed by atoms with Gasteiger partial charge in [0.05, 0.1) is 12.7 Å². The Balaban J connectivity index is 1.96. The summed E-state index contributed by atoms with van der Waals surface area (Å²) < 4.78 is 5.57. The zero-order valence-corrected chi connectivity index (χ0v) is 9.60. The average molecular weight is 221 g/mol. The van der Waals surface area contributed by atoms with Crippen LogP contribution in [0.15, 0.2) is 24.4 Å². The van der Waals surface area contributed by atoms with Gasteiger partial charge in [-0.25, -0.2) is 0 Å². The Morgan fingerprint density at radius 3 is 3.06 bits per heavy atom. The van der Waals surface area contributed by atoms with Crippen LogP contribution < -0.4 is 11.3 Å². The molecule has 0 saturated carbocycles. The summed E-state index contributed by atoms with van der Waals surface area (Å²) in [7, 11) is 0. The summed E-state index contributed by atoms with van der Waals surface area (Å²) in [6.07, 6.45) is 4.10. The molecule has 4 heteroatoms. The van der Waals surface area contributed by atoms with E-state index < -0.39 is 0 Å². The second kappa shape index (κ2) is 5.39. The average Bonchev–Trinajstić information content (AvgIpc) is 2.74. The van der Waals surface area contributed by atoms with Gasteiger partial charge >= 0.3 is 0 Å². The summed E-state index contributed by atoms with van der Waals surface area (Å²) in [6, 6.07) is 6.21. The second-order valence-electron chi connectivity index (χ2n) is 4.44. The molecule has 0 spiro atoms. The number of rotatable bonds is 4. The van der Waals surface area contributed by atoms with Crippen molar-refractivity contribution in [3.05, 3.63) is 30.1 Å². The first-order chi connectivity index (χ1) is 7.79. The molecule has 3 N–H and O–H groups in total. The van der Waals surface area contributed by atoms with Gasteiger partial charge in [-0.2, -0.15) is 0 Å². The fourth-order valence-corrected chi connectivity index (χ4v) is 2.24. The Morgan fingerprint density at radius 1 is 1.62 bits per heavy atom. The van der Waals surface area contributed by atoms with Crippen molar-refractivity contribution in [2.24, 2.45) is 11.8 Å². The summed E-state index contributed by atoms with van der Waals surface area (Å²) in [5, 5.41) is 0. The molecule has 0 radical (unpaired) electrons. The summed E-state index contributed by atoms with van der Waals surface area (Å²) in [5.41, 5.74) is 3.97. The molecule has 3 atom stereocenters. The third-order valence-corrected chi connectivity index (χ3v) is 3.17. The van der Waals surface area contributed by atoms with Crippen LogP contribution in [0.2, 0.25) is 0 Å². The molecule has 2 heterocycles. The van der Waals surface area contributed by atoms with Crippen LogP contribution in [0, 0.1) is 5.92 Å². The van der Waals surface area contributed by atoms with Crippen molar-refractivity contribution >= 4 is 0 Å². The molecule has 0 aliphatic carbocycles. The van der Waals surface area contributed by atoms with Gasteiger partial charge in [-0.1, -0.05) is 6.07 Å². The first-order valence-electron chi connectivity index (χ1n) is 5.77. The van der Waals surface area contributed by atoms with E-state index in [1.54, 1.807) is 0 Å². The van der Waals surface area contributed by atoms with Gasteiger partial charge in [0.1, 0.15) is 0 Å². The quantitative estimate of drug-likeness (QED) is 0.585. The van der Waals surface area contributed by atoms with Gasteiger partial charge in [-0.3, -0.25) is 16.3 Å². The molecule has 1 aliphatic rings. The van der Waals surface area contributed by atoms with Crippen molar-refractivity contribution in [1.29, 1.82) is 0 Å². The third-order valence-electron chi connectivity index (χ3n) is 3.17. The fraction of sp³-hybridized carbons (Fsp3) is 0.583. The first-order valence-corrected chi connectivity index (χ1v) is 5.77. The van der Waals surface area contributed by atoms with Crippen LogP contribution in [-0.2, 0) is 11.2 Å². The molecule has 2 rings (SSSR count). The Labute approximate surface area is 96.2 Å². The van der Waals surface area contributed by atoms with E-state index in [0.29, 0.717) is 12.0 Å². The predicted octanol–water partition coefficient (Wildman–Crippen LogP) is 0.881. The molecule has 0 bridgehead atoms. The molecule has 1 aliphatic heterocycles. The van der Waals surface area contributed by atoms with Crippen molar-refractivity contribution in [3.8, 4) is 0 Å². The zero-order chi connectivity index (χ0) is 11.4. The van der Waals surface area contributed by atoms with Gasteiger partial charge in [0.15, 0.2) is 0 Å². The van der Waals surface area contributed by atoms with Gasteiger partial charge in [0, 0.05) is 30.3 Å². The van der Waals surface area contributed by atoms with E-state index >= 15 is 0 Å². The van der Waals surface area contributed by atoms with Crippen LogP contribution in [-0.4, -0.2) is 23.7 Å². The SMILES string of the molecule is CC1CC(C(Cc2ccccn2)NN)CO1. The Hall–Kier alpha value is -0.970. The molecule has 16 heavy (non-hydrogen) atoms. The van der Waals surface area contributed by atoms with E-state index in [9.17, 15) is 0 Å². The molecular weight excluding hydrogens is 202 g/mol. The highest BCUT2D eigenvalue weighted by Crippen LogP contribution is 2.23. The summed E-state index contributed by atoms with van der Waals surface area (Å²) in [6.45, 7) is 2.90. The summed E-state index contributed by atoms with van der Waals surface area (Å²) >= 11 is 0. The minimum Gasteiger partial charge on any atom is -0.378 e. The lowest BCUT2D eigenvalue weighted by Crippen LogP contribution is -2.43. The van der Waals surface area contributed by atoms with Crippen LogP contribution in [0.4, 0.5) is 0 Å². The number of aromatic nitrogens is 1. The predicted molar refractivity (Wildman–Crippen MR) is 62.6 cm³/mol. The van der Waals surface area contributed by atoms with E-state index in [0.717, 1.165) is 25.1 Å². The summed E-state index contributed by atoms with van der Waals surface area (Å²) in [5.74, 6) is 6.10. The van der Waals surface area contributed by atoms with Crippen LogP contribution in [0.25, 0.3) is 0 Å². The van der Waals surface area contributed by atoms with Crippen molar-refractivity contribution in [1.82, 2.24) is 10.4 Å². The smallest absolute Gasteiger partial charge is 0.0551 e. The van der Waals surface area contributed by atoms with Crippen LogP contribution in [0.1, 0.15) is 19.0 Å². The number of nitrogens with one attached hydrogen (secondary N) is 1. The Kier molecular flexibility index (Phi) is 3.88. The van der Waals surface area contributed by atoms with Crippen molar-refractivity contribution in [2.75, 3.05) is 6.61 Å². The highest BCUT2D eigenvalue weighted by Gasteiger charge is 2.29. The molecule has 1 aromatic heterocycles. The van der Waals surface area contributed by atoms with Gasteiger partial charge < -0.3 is 4.74 Å². The van der Waals surface area contributed by atoms with Crippen LogP contribution in [0.5, 0.6) is 0 Å². The lowest BCUT2D eigenvalue weighted by atomic mass is 9.93. The van der Waals surface area contributed by atoms with Crippen LogP contribution in [0.3, 0.4) is 0 Å². The number of ether oxygens (including phenoxy) is 1. The van der Waals surface area contributed by atoms with E-state index in [-0.39, 0.29) is 6.04 Å². The van der Waals surface area contributed by atoms with Crippen molar-refractivity contribution < 1.29 is 4.74 Å². The monoisotopic (exact) mass is 221 g/mol. The van der Waals surface area contributed by atoms with Gasteiger partial charge in [0.25, 0.3) is 0 Å². The van der Waals surface area contributed by atoms with E-state index in [4.69, 9.17) is 10.6 Å². The molecule has 88 valence electrons. The largest absolute Gasteiger partial charge is 0.378 e. The van der Waals surface area contributed by atoms with Crippen LogP contribution >= 0.6 is 0 Å². The van der Waals surface area contributed by atoms with Crippen molar-refractivity contribution in [3.63, 3.8) is 0 Å². The Bertz CT molecular complexity index is 317. The second-order valence-corrected chi connectivity index (χ2v) is 4.44. The maximum atomic E-state index is 5.61. The zero-order valence-electron chi connectivity index (χ0n) is 9.60. The molecule has 4 nitrogen and oxygen atoms in total. The van der Waals surface area contributed by atoms with E-state index in [2.05, 4.69) is 17.3 Å². The maximum Gasteiger partial charge on any atom is 0.0551 e. The van der Waals surface area contributed by atoms with E-state index in [1.165, 1.54) is 0 Å². The number of hydrogen-bond acceptors (Lipinski definition) is 4. The lowest BCUT2D eigenvalue weighted by Gasteiger charge is -2.21. The topological polar surface area (TPSA) is 60.2 Å². The first kappa shape index (κ1) is 11.5. The number of pyridine rings is 1. The fourth-order valence-electron chi connectivity index (χ4n) is 2.24. The highest BCUT2D eigenvalue weighted by atomic mass is 16.5. The Morgan fingerprint density at radius 2 is 2.50 bits per heavy atom. The summed E-state index contributed by atoms with van der Waals surface area (Å²) in [4.78, 5) is 4.32. The molecular formula is C12H19N3O. The number of hydrogen-bond donors (Lipinski definition) is 2. The molecule has 0 aromatic carbocycles. The van der Waals surface area contributed by atoms with Crippen molar-refractivity contribution in [2.45, 2.75) is 31.9 Å². The molecule has 3 unspecified atom stereocenters. The van der Waals surface area contributed by atoms with Gasteiger partial charge in [-0.15, -0.1) is 0 Å². The van der Waals surface area contributed by atoms with E-state index in [1.807, 2.05) is 24.4 Å². The molecule has 0 amide bonds. The normalized spacial score (nSPS) is 26.9. The standard InChI is InChI=1S/C12H19N3O/c1-9-6-10(8-16-9)12(15-13)7-11-4-2-3-5-14-11/h2-5,9-10,12,15H,6-8,13H2,1H3. The highest BCUT2D eigenvalue weighted by molar-refractivity contribution is 5.06. The maximum absolute atomic E-state index is 5.61. The molecule has 1 aromatic rings. The number of nitrogens with zero attached hydrogens (tertiary/aromatic N) is 1. The molecule has 1 saturated heterocycles. The third kappa shape index (κ3) is 2.78. The molecule has 1 fully saturated rings. The minimum absolute atomic E-state index is 0.250.